The summed E-state index contributed by atoms with van der Waals surface area (Å²) in [5.74, 6) is 0.697. The summed E-state index contributed by atoms with van der Waals surface area (Å²) < 4.78 is 0. The molecule has 2 nitrogen and oxygen atoms in total. The monoisotopic (exact) mass is 176 g/mol. The molecular weight excluding hydrogens is 160 g/mol. The van der Waals surface area contributed by atoms with Crippen molar-refractivity contribution < 1.29 is 0 Å². The van der Waals surface area contributed by atoms with Crippen molar-refractivity contribution in [3.05, 3.63) is 29.6 Å². The van der Waals surface area contributed by atoms with Crippen LogP contribution in [0.5, 0.6) is 0 Å². The maximum Gasteiger partial charge on any atom is 0.0341 e. The van der Waals surface area contributed by atoms with Crippen molar-refractivity contribution in [1.29, 1.82) is 0 Å². The van der Waals surface area contributed by atoms with Crippen molar-refractivity contribution in [2.24, 2.45) is 11.7 Å². The van der Waals surface area contributed by atoms with Gasteiger partial charge in [-0.15, -0.1) is 0 Å². The Balaban J connectivity index is 2.18. The zero-order valence-electron chi connectivity index (χ0n) is 8.03. The van der Waals surface area contributed by atoms with Crippen LogP contribution in [0.25, 0.3) is 0 Å². The second-order valence-corrected chi connectivity index (χ2v) is 3.95. The third kappa shape index (κ3) is 1.59. The van der Waals surface area contributed by atoms with Crippen molar-refractivity contribution in [2.75, 3.05) is 0 Å². The minimum atomic E-state index is 0.211. The largest absolute Gasteiger partial charge is 0.324 e. The van der Waals surface area contributed by atoms with Gasteiger partial charge >= 0.3 is 0 Å². The molecule has 1 aromatic heterocycles. The van der Waals surface area contributed by atoms with E-state index in [1.54, 1.807) is 0 Å². The van der Waals surface area contributed by atoms with Crippen LogP contribution >= 0.6 is 0 Å². The number of aromatic nitrogens is 1. The van der Waals surface area contributed by atoms with E-state index in [1.807, 2.05) is 18.5 Å². The Kier molecular flexibility index (Phi) is 2.32. The predicted octanol–water partition coefficient (Wildman–Crippen LogP) is 2.19. The van der Waals surface area contributed by atoms with Gasteiger partial charge in [0.05, 0.1) is 0 Å². The first-order valence-electron chi connectivity index (χ1n) is 4.95. The summed E-state index contributed by atoms with van der Waals surface area (Å²) in [5, 5.41) is 0. The van der Waals surface area contributed by atoms with Crippen LogP contribution in [0.4, 0.5) is 0 Å². The first kappa shape index (κ1) is 8.70. The van der Waals surface area contributed by atoms with Gasteiger partial charge in [0.1, 0.15) is 0 Å². The Bertz CT molecular complexity index is 292. The quantitative estimate of drug-likeness (QED) is 0.750. The number of nitrogens with zero attached hydrogens (tertiary/aromatic N) is 1. The van der Waals surface area contributed by atoms with Gasteiger partial charge in [0.2, 0.25) is 0 Å². The number of pyridine rings is 1. The summed E-state index contributed by atoms with van der Waals surface area (Å²) in [6.07, 6.45) is 7.66. The highest BCUT2D eigenvalue weighted by Gasteiger charge is 2.26. The molecule has 1 saturated carbocycles. The van der Waals surface area contributed by atoms with E-state index in [0.29, 0.717) is 5.92 Å². The van der Waals surface area contributed by atoms with Crippen molar-refractivity contribution in [1.82, 2.24) is 4.98 Å². The van der Waals surface area contributed by atoms with E-state index >= 15 is 0 Å². The summed E-state index contributed by atoms with van der Waals surface area (Å²) in [6, 6.07) is 2.25. The molecule has 1 aliphatic rings. The second kappa shape index (κ2) is 3.46. The summed E-state index contributed by atoms with van der Waals surface area (Å²) in [5.41, 5.74) is 8.66. The van der Waals surface area contributed by atoms with E-state index in [2.05, 4.69) is 11.9 Å². The molecule has 0 saturated heterocycles. The first-order valence-corrected chi connectivity index (χ1v) is 4.95. The molecule has 70 valence electrons. The molecule has 2 N–H and O–H groups in total. The molecule has 1 heterocycles. The molecule has 1 fully saturated rings. The molecule has 2 heteroatoms. The Labute approximate surface area is 79.2 Å². The van der Waals surface area contributed by atoms with Gasteiger partial charge < -0.3 is 5.73 Å². The highest BCUT2D eigenvalue weighted by Crippen LogP contribution is 2.36. The maximum atomic E-state index is 6.16. The number of rotatable bonds is 2. The lowest BCUT2D eigenvalue weighted by molar-refractivity contribution is 0.263. The summed E-state index contributed by atoms with van der Waals surface area (Å²) >= 11 is 0. The Morgan fingerprint density at radius 3 is 2.85 bits per heavy atom. The standard InChI is InChI=1S/C11H16N2/c1-8-5-6-13-7-10(8)11(12)9-3-2-4-9/h5-7,9,11H,2-4,12H2,1H3. The SMILES string of the molecule is Cc1ccncc1C(N)C1CCC1. The average Bonchev–Trinajstić information content (AvgIpc) is 2.01. The predicted molar refractivity (Wildman–Crippen MR) is 53.2 cm³/mol. The number of hydrogen-bond acceptors (Lipinski definition) is 2. The molecule has 0 spiro atoms. The molecule has 2 rings (SSSR count). The lowest BCUT2D eigenvalue weighted by atomic mass is 9.77. The highest BCUT2D eigenvalue weighted by atomic mass is 14.7. The van der Waals surface area contributed by atoms with E-state index in [1.165, 1.54) is 30.4 Å². The maximum absolute atomic E-state index is 6.16. The van der Waals surface area contributed by atoms with Crippen LogP contribution in [-0.2, 0) is 0 Å². The van der Waals surface area contributed by atoms with Crippen LogP contribution in [0.2, 0.25) is 0 Å². The van der Waals surface area contributed by atoms with Gasteiger partial charge in [-0.25, -0.2) is 0 Å². The van der Waals surface area contributed by atoms with Crippen molar-refractivity contribution in [2.45, 2.75) is 32.2 Å². The van der Waals surface area contributed by atoms with E-state index in [4.69, 9.17) is 5.73 Å². The lowest BCUT2D eigenvalue weighted by Crippen LogP contribution is -2.27. The van der Waals surface area contributed by atoms with Crippen molar-refractivity contribution in [3.63, 3.8) is 0 Å². The fourth-order valence-corrected chi connectivity index (χ4v) is 1.88. The van der Waals surface area contributed by atoms with Gasteiger partial charge in [-0.1, -0.05) is 6.42 Å². The third-order valence-electron chi connectivity index (χ3n) is 3.10. The molecule has 1 unspecified atom stereocenters. The van der Waals surface area contributed by atoms with Gasteiger partial charge in [-0.05, 0) is 42.9 Å². The third-order valence-corrected chi connectivity index (χ3v) is 3.10. The average molecular weight is 176 g/mol. The Morgan fingerprint density at radius 2 is 2.31 bits per heavy atom. The summed E-state index contributed by atoms with van der Waals surface area (Å²) in [4.78, 5) is 4.13. The summed E-state index contributed by atoms with van der Waals surface area (Å²) in [6.45, 7) is 2.11. The smallest absolute Gasteiger partial charge is 0.0341 e. The fourth-order valence-electron chi connectivity index (χ4n) is 1.88. The molecule has 0 amide bonds. The molecule has 0 radical (unpaired) electrons. The lowest BCUT2D eigenvalue weighted by Gasteiger charge is -2.31. The van der Waals surface area contributed by atoms with Crippen LogP contribution < -0.4 is 5.73 Å². The molecule has 0 bridgehead atoms. The van der Waals surface area contributed by atoms with Crippen molar-refractivity contribution >= 4 is 0 Å². The van der Waals surface area contributed by atoms with Gasteiger partial charge in [-0.3, -0.25) is 4.98 Å². The van der Waals surface area contributed by atoms with Crippen LogP contribution in [0.3, 0.4) is 0 Å². The van der Waals surface area contributed by atoms with Crippen LogP contribution in [0.15, 0.2) is 18.5 Å². The number of nitrogens with two attached hydrogens (primary N) is 1. The first-order chi connectivity index (χ1) is 6.29. The molecule has 1 aliphatic carbocycles. The minimum Gasteiger partial charge on any atom is -0.324 e. The van der Waals surface area contributed by atoms with Gasteiger partial charge in [0, 0.05) is 18.4 Å². The zero-order valence-corrected chi connectivity index (χ0v) is 8.03. The molecule has 0 aromatic carbocycles. The molecule has 1 aromatic rings. The van der Waals surface area contributed by atoms with E-state index in [0.717, 1.165) is 0 Å². The van der Waals surface area contributed by atoms with Gasteiger partial charge in [0.15, 0.2) is 0 Å². The number of aryl methyl sites for hydroxylation is 1. The van der Waals surface area contributed by atoms with Crippen LogP contribution in [-0.4, -0.2) is 4.98 Å². The van der Waals surface area contributed by atoms with Crippen molar-refractivity contribution in [3.8, 4) is 0 Å². The van der Waals surface area contributed by atoms with Gasteiger partial charge in [-0.2, -0.15) is 0 Å². The van der Waals surface area contributed by atoms with E-state index in [9.17, 15) is 0 Å². The summed E-state index contributed by atoms with van der Waals surface area (Å²) in [7, 11) is 0. The minimum absolute atomic E-state index is 0.211. The highest BCUT2D eigenvalue weighted by molar-refractivity contribution is 5.25. The van der Waals surface area contributed by atoms with Gasteiger partial charge in [0.25, 0.3) is 0 Å². The molecular formula is C11H16N2. The zero-order chi connectivity index (χ0) is 9.26. The van der Waals surface area contributed by atoms with E-state index < -0.39 is 0 Å². The molecule has 13 heavy (non-hydrogen) atoms. The van der Waals surface area contributed by atoms with Crippen LogP contribution in [0, 0.1) is 12.8 Å². The molecule has 1 atom stereocenters. The number of hydrogen-bond donors (Lipinski definition) is 1. The Morgan fingerprint density at radius 1 is 1.54 bits per heavy atom. The second-order valence-electron chi connectivity index (χ2n) is 3.95. The van der Waals surface area contributed by atoms with E-state index in [-0.39, 0.29) is 6.04 Å². The topological polar surface area (TPSA) is 38.9 Å². The van der Waals surface area contributed by atoms with Crippen LogP contribution in [0.1, 0.15) is 36.4 Å². The Hall–Kier alpha value is -0.890. The fraction of sp³-hybridized carbons (Fsp3) is 0.545. The normalized spacial score (nSPS) is 19.5. The molecule has 0 aliphatic heterocycles.